The Labute approximate surface area is 147 Å². The Kier molecular flexibility index (Phi) is 5.15. The fourth-order valence-electron chi connectivity index (χ4n) is 2.96. The van der Waals surface area contributed by atoms with Crippen LogP contribution < -0.4 is 5.32 Å². The highest BCUT2D eigenvalue weighted by Gasteiger charge is 2.10. The molecule has 0 fully saturated rings. The highest BCUT2D eigenvalue weighted by atomic mass is 16.1. The van der Waals surface area contributed by atoms with Crippen LogP contribution in [0.25, 0.3) is 10.9 Å². The number of amides is 1. The molecule has 0 saturated carbocycles. The summed E-state index contributed by atoms with van der Waals surface area (Å²) in [5.41, 5.74) is 3.56. The van der Waals surface area contributed by atoms with E-state index in [0.29, 0.717) is 5.56 Å². The second-order valence-electron chi connectivity index (χ2n) is 6.15. The minimum Gasteiger partial charge on any atom is -0.337 e. The minimum absolute atomic E-state index is 0.105. The van der Waals surface area contributed by atoms with Crippen LogP contribution in [-0.4, -0.2) is 10.5 Å². The molecule has 1 aromatic heterocycles. The van der Waals surface area contributed by atoms with Crippen LogP contribution in [0, 0.1) is 11.3 Å². The molecule has 1 N–H and O–H groups in total. The molecule has 0 saturated heterocycles. The van der Waals surface area contributed by atoms with E-state index in [-0.39, 0.29) is 12.5 Å². The topological polar surface area (TPSA) is 57.8 Å². The highest BCUT2D eigenvalue weighted by Crippen LogP contribution is 2.20. The van der Waals surface area contributed by atoms with E-state index in [1.165, 1.54) is 18.4 Å². The van der Waals surface area contributed by atoms with Crippen LogP contribution in [0.15, 0.2) is 54.7 Å². The molecule has 0 atom stereocenters. The molecule has 1 amide bonds. The zero-order chi connectivity index (χ0) is 17.6. The van der Waals surface area contributed by atoms with Gasteiger partial charge in [0.05, 0.1) is 5.56 Å². The van der Waals surface area contributed by atoms with Crippen molar-refractivity contribution < 1.29 is 4.79 Å². The maximum absolute atomic E-state index is 12.4. The lowest BCUT2D eigenvalue weighted by Gasteiger charge is -2.08. The lowest BCUT2D eigenvalue weighted by Crippen LogP contribution is -2.18. The molecule has 0 bridgehead atoms. The first-order chi connectivity index (χ1) is 12.2. The number of nitrogens with one attached hydrogen (secondary N) is 1. The molecule has 3 rings (SSSR count). The van der Waals surface area contributed by atoms with Gasteiger partial charge in [0, 0.05) is 22.8 Å². The van der Waals surface area contributed by atoms with Crippen LogP contribution in [0.1, 0.15) is 30.9 Å². The van der Waals surface area contributed by atoms with Crippen molar-refractivity contribution in [3.63, 3.8) is 0 Å². The van der Waals surface area contributed by atoms with Crippen molar-refractivity contribution in [2.45, 2.75) is 32.7 Å². The van der Waals surface area contributed by atoms with Crippen LogP contribution in [0.4, 0.5) is 5.69 Å². The average Bonchev–Trinajstić information content (AvgIpc) is 2.99. The molecular formula is C21H21N3O. The third-order valence-electron chi connectivity index (χ3n) is 4.28. The standard InChI is InChI=1S/C21H21N3O/c1-2-3-6-16-9-11-18(12-10-16)23-21(25)15-24-14-17(13-22)19-7-4-5-8-20(19)24/h4-5,7-12,14H,2-3,6,15H2,1H3,(H,23,25). The fraction of sp³-hybridized carbons (Fsp3) is 0.238. The molecule has 0 radical (unpaired) electrons. The minimum atomic E-state index is -0.105. The number of aromatic nitrogens is 1. The Morgan fingerprint density at radius 1 is 1.16 bits per heavy atom. The molecule has 1 heterocycles. The van der Waals surface area contributed by atoms with E-state index in [9.17, 15) is 10.1 Å². The first-order valence-electron chi connectivity index (χ1n) is 8.58. The summed E-state index contributed by atoms with van der Waals surface area (Å²) < 4.78 is 1.82. The summed E-state index contributed by atoms with van der Waals surface area (Å²) in [6.45, 7) is 2.36. The van der Waals surface area contributed by atoms with Gasteiger partial charge in [-0.25, -0.2) is 0 Å². The maximum Gasteiger partial charge on any atom is 0.244 e. The zero-order valence-electron chi connectivity index (χ0n) is 14.3. The van der Waals surface area contributed by atoms with E-state index in [1.54, 1.807) is 6.20 Å². The summed E-state index contributed by atoms with van der Waals surface area (Å²) in [5.74, 6) is -0.105. The van der Waals surface area contributed by atoms with Gasteiger partial charge < -0.3 is 9.88 Å². The number of carbonyl (C=O) groups excluding carboxylic acids is 1. The Balaban J connectivity index is 1.70. The molecule has 0 aliphatic carbocycles. The molecule has 0 unspecified atom stereocenters. The highest BCUT2D eigenvalue weighted by molar-refractivity contribution is 5.93. The van der Waals surface area contributed by atoms with Crippen molar-refractivity contribution in [1.29, 1.82) is 5.26 Å². The Hall–Kier alpha value is -3.06. The van der Waals surface area contributed by atoms with E-state index in [4.69, 9.17) is 0 Å². The van der Waals surface area contributed by atoms with Crippen molar-refractivity contribution >= 4 is 22.5 Å². The van der Waals surface area contributed by atoms with Gasteiger partial charge in [0.25, 0.3) is 0 Å². The Morgan fingerprint density at radius 2 is 1.92 bits per heavy atom. The molecule has 0 spiro atoms. The van der Waals surface area contributed by atoms with Crippen molar-refractivity contribution in [2.75, 3.05) is 5.32 Å². The number of nitrogens with zero attached hydrogens (tertiary/aromatic N) is 2. The summed E-state index contributed by atoms with van der Waals surface area (Å²) in [7, 11) is 0. The number of carbonyl (C=O) groups is 1. The lowest BCUT2D eigenvalue weighted by molar-refractivity contribution is -0.116. The summed E-state index contributed by atoms with van der Waals surface area (Å²) in [4.78, 5) is 12.4. The van der Waals surface area contributed by atoms with Gasteiger partial charge in [-0.3, -0.25) is 4.79 Å². The first kappa shape index (κ1) is 16.8. The number of nitriles is 1. The number of rotatable bonds is 6. The second-order valence-corrected chi connectivity index (χ2v) is 6.15. The SMILES string of the molecule is CCCCc1ccc(NC(=O)Cn2cc(C#N)c3ccccc32)cc1. The third-order valence-corrected chi connectivity index (χ3v) is 4.28. The molecule has 4 heteroatoms. The van der Waals surface area contributed by atoms with E-state index in [1.807, 2.05) is 41.0 Å². The van der Waals surface area contributed by atoms with Crippen molar-refractivity contribution in [3.8, 4) is 6.07 Å². The molecule has 126 valence electrons. The van der Waals surface area contributed by atoms with Gasteiger partial charge in [0.1, 0.15) is 12.6 Å². The van der Waals surface area contributed by atoms with Crippen LogP contribution >= 0.6 is 0 Å². The van der Waals surface area contributed by atoms with Crippen molar-refractivity contribution in [2.24, 2.45) is 0 Å². The van der Waals surface area contributed by atoms with E-state index in [2.05, 4.69) is 30.4 Å². The van der Waals surface area contributed by atoms with E-state index >= 15 is 0 Å². The molecule has 0 aliphatic rings. The summed E-state index contributed by atoms with van der Waals surface area (Å²) in [5, 5.41) is 13.0. The Morgan fingerprint density at radius 3 is 2.64 bits per heavy atom. The van der Waals surface area contributed by atoms with Gasteiger partial charge in [0.15, 0.2) is 0 Å². The molecule has 2 aromatic carbocycles. The van der Waals surface area contributed by atoms with Crippen molar-refractivity contribution in [1.82, 2.24) is 4.57 Å². The van der Waals surface area contributed by atoms with Crippen LogP contribution in [-0.2, 0) is 17.8 Å². The number of hydrogen-bond donors (Lipinski definition) is 1. The smallest absolute Gasteiger partial charge is 0.244 e. The van der Waals surface area contributed by atoms with Gasteiger partial charge in [-0.05, 0) is 36.6 Å². The second kappa shape index (κ2) is 7.67. The predicted molar refractivity (Wildman–Crippen MR) is 100 cm³/mol. The normalized spacial score (nSPS) is 10.6. The van der Waals surface area contributed by atoms with Gasteiger partial charge >= 0.3 is 0 Å². The molecule has 0 aliphatic heterocycles. The largest absolute Gasteiger partial charge is 0.337 e. The number of unbranched alkanes of at least 4 members (excludes halogenated alkanes) is 1. The van der Waals surface area contributed by atoms with Gasteiger partial charge in [-0.2, -0.15) is 5.26 Å². The number of hydrogen-bond acceptors (Lipinski definition) is 2. The number of para-hydroxylation sites is 1. The number of aryl methyl sites for hydroxylation is 1. The van der Waals surface area contributed by atoms with Gasteiger partial charge in [0.2, 0.25) is 5.91 Å². The monoisotopic (exact) mass is 331 g/mol. The number of fused-ring (bicyclic) bond motifs is 1. The first-order valence-corrected chi connectivity index (χ1v) is 8.58. The molecule has 3 aromatic rings. The van der Waals surface area contributed by atoms with E-state index < -0.39 is 0 Å². The fourth-order valence-corrected chi connectivity index (χ4v) is 2.96. The quantitative estimate of drug-likeness (QED) is 0.723. The van der Waals surface area contributed by atoms with Crippen LogP contribution in [0.3, 0.4) is 0 Å². The van der Waals surface area contributed by atoms with Crippen molar-refractivity contribution in [3.05, 3.63) is 65.9 Å². The average molecular weight is 331 g/mol. The summed E-state index contributed by atoms with van der Waals surface area (Å²) in [6, 6.07) is 17.8. The lowest BCUT2D eigenvalue weighted by atomic mass is 10.1. The Bertz CT molecular complexity index is 916. The molecular weight excluding hydrogens is 310 g/mol. The predicted octanol–water partition coefficient (Wildman–Crippen LogP) is 4.49. The van der Waals surface area contributed by atoms with Crippen LogP contribution in [0.5, 0.6) is 0 Å². The zero-order valence-corrected chi connectivity index (χ0v) is 14.3. The third kappa shape index (κ3) is 3.89. The van der Waals surface area contributed by atoms with Gasteiger partial charge in [-0.15, -0.1) is 0 Å². The summed E-state index contributed by atoms with van der Waals surface area (Å²) >= 11 is 0. The number of anilines is 1. The molecule has 25 heavy (non-hydrogen) atoms. The maximum atomic E-state index is 12.4. The number of benzene rings is 2. The summed E-state index contributed by atoms with van der Waals surface area (Å²) in [6.07, 6.45) is 5.15. The van der Waals surface area contributed by atoms with Crippen LogP contribution in [0.2, 0.25) is 0 Å². The molecule has 4 nitrogen and oxygen atoms in total. The van der Waals surface area contributed by atoms with E-state index in [0.717, 1.165) is 23.0 Å². The van der Waals surface area contributed by atoms with Gasteiger partial charge in [-0.1, -0.05) is 43.7 Å².